The van der Waals surface area contributed by atoms with Crippen LogP contribution in [0, 0.1) is 0 Å². The summed E-state index contributed by atoms with van der Waals surface area (Å²) < 4.78 is 5.76. The summed E-state index contributed by atoms with van der Waals surface area (Å²) in [5.41, 5.74) is 3.77. The number of aliphatic hydroxyl groups excluding tert-OH is 1. The minimum atomic E-state index is -0.759. The minimum Gasteiger partial charge on any atom is -0.507 e. The molecule has 1 N–H and O–H groups in total. The molecule has 1 aliphatic rings. The number of rotatable bonds is 7. The number of carbonyl (C=O) groups is 2. The molecule has 1 saturated heterocycles. The van der Waals surface area contributed by atoms with E-state index in [4.69, 9.17) is 4.74 Å². The fourth-order valence-corrected chi connectivity index (χ4v) is 4.55. The van der Waals surface area contributed by atoms with Crippen LogP contribution in [-0.2, 0) is 9.59 Å². The van der Waals surface area contributed by atoms with Gasteiger partial charge in [-0.3, -0.25) is 14.5 Å². The normalized spacial score (nSPS) is 17.1. The lowest BCUT2D eigenvalue weighted by atomic mass is 9.93. The number of carbonyl (C=O) groups excluding carboxylic acids is 2. The van der Waals surface area contributed by atoms with Crippen LogP contribution < -0.4 is 14.5 Å². The van der Waals surface area contributed by atoms with E-state index >= 15 is 0 Å². The first-order valence-electron chi connectivity index (χ1n) is 12.1. The summed E-state index contributed by atoms with van der Waals surface area (Å²) in [6.45, 7) is 6.53. The predicted molar refractivity (Wildman–Crippen MR) is 144 cm³/mol. The number of hydrogen-bond donors (Lipinski definition) is 1. The van der Waals surface area contributed by atoms with E-state index in [0.29, 0.717) is 17.9 Å². The van der Waals surface area contributed by atoms with Gasteiger partial charge in [0.15, 0.2) is 0 Å². The van der Waals surface area contributed by atoms with Gasteiger partial charge in [-0.15, -0.1) is 0 Å². The fraction of sp³-hybridized carbons (Fsp3) is 0.267. The molecule has 0 aliphatic carbocycles. The van der Waals surface area contributed by atoms with E-state index in [1.54, 1.807) is 6.07 Å². The zero-order valence-corrected chi connectivity index (χ0v) is 21.4. The van der Waals surface area contributed by atoms with Crippen molar-refractivity contribution in [3.8, 4) is 5.75 Å². The summed E-state index contributed by atoms with van der Waals surface area (Å²) in [7, 11) is 3.88. The van der Waals surface area contributed by atoms with Gasteiger partial charge in [0.1, 0.15) is 11.5 Å². The van der Waals surface area contributed by atoms with Crippen molar-refractivity contribution in [2.45, 2.75) is 32.7 Å². The number of ether oxygens (including phenoxy) is 1. The maximum absolute atomic E-state index is 13.4. The summed E-state index contributed by atoms with van der Waals surface area (Å²) in [6, 6.07) is 21.4. The lowest BCUT2D eigenvalue weighted by Gasteiger charge is -2.26. The standard InChI is InChI=1S/C30H32N2O4/c1-6-36-25-17-12-21(18-24(25)19(2)3)28(33)26-27(20-10-8-7-9-11-20)32(30(35)29(26)34)23-15-13-22(14-16-23)31(4)5/h7-19,27,33H,6H2,1-5H3/b28-26-. The topological polar surface area (TPSA) is 70.1 Å². The molecule has 1 aliphatic heterocycles. The van der Waals surface area contributed by atoms with Crippen molar-refractivity contribution in [3.63, 3.8) is 0 Å². The van der Waals surface area contributed by atoms with E-state index in [-0.39, 0.29) is 17.3 Å². The Labute approximate surface area is 212 Å². The highest BCUT2D eigenvalue weighted by Crippen LogP contribution is 2.43. The van der Waals surface area contributed by atoms with Gasteiger partial charge < -0.3 is 14.7 Å². The van der Waals surface area contributed by atoms with E-state index in [1.165, 1.54) is 4.90 Å². The molecule has 0 spiro atoms. The molecule has 1 fully saturated rings. The van der Waals surface area contributed by atoms with Crippen LogP contribution in [0.25, 0.3) is 5.76 Å². The molecule has 1 heterocycles. The predicted octanol–water partition coefficient (Wildman–Crippen LogP) is 5.90. The summed E-state index contributed by atoms with van der Waals surface area (Å²) in [5.74, 6) is -0.692. The Balaban J connectivity index is 1.89. The van der Waals surface area contributed by atoms with Crippen LogP contribution >= 0.6 is 0 Å². The smallest absolute Gasteiger partial charge is 0.300 e. The molecule has 4 rings (SSSR count). The fourth-order valence-electron chi connectivity index (χ4n) is 4.55. The minimum absolute atomic E-state index is 0.0711. The van der Waals surface area contributed by atoms with Gasteiger partial charge >= 0.3 is 0 Å². The molecule has 3 aromatic rings. The van der Waals surface area contributed by atoms with Gasteiger partial charge in [-0.1, -0.05) is 44.2 Å². The first-order chi connectivity index (χ1) is 17.2. The summed E-state index contributed by atoms with van der Waals surface area (Å²) in [6.07, 6.45) is 0. The molecule has 6 heteroatoms. The lowest BCUT2D eigenvalue weighted by molar-refractivity contribution is -0.132. The average molecular weight is 485 g/mol. The van der Waals surface area contributed by atoms with Gasteiger partial charge in [0, 0.05) is 31.0 Å². The Morgan fingerprint density at radius 3 is 2.25 bits per heavy atom. The SMILES string of the molecule is CCOc1ccc(/C(O)=C2/C(=O)C(=O)N(c3ccc(N(C)C)cc3)C2c2ccccc2)cc1C(C)C. The van der Waals surface area contributed by atoms with Crippen molar-refractivity contribution >= 4 is 28.8 Å². The van der Waals surface area contributed by atoms with Crippen molar-refractivity contribution in [1.82, 2.24) is 0 Å². The van der Waals surface area contributed by atoms with Gasteiger partial charge in [-0.25, -0.2) is 0 Å². The highest BCUT2D eigenvalue weighted by molar-refractivity contribution is 6.51. The van der Waals surface area contributed by atoms with Gasteiger partial charge in [0.25, 0.3) is 11.7 Å². The Kier molecular flexibility index (Phi) is 7.15. The number of amides is 1. The molecule has 1 atom stereocenters. The Morgan fingerprint density at radius 2 is 1.67 bits per heavy atom. The average Bonchev–Trinajstić information content (AvgIpc) is 3.14. The van der Waals surface area contributed by atoms with Crippen LogP contribution in [0.3, 0.4) is 0 Å². The lowest BCUT2D eigenvalue weighted by Crippen LogP contribution is -2.29. The molecule has 0 saturated carbocycles. The number of anilines is 2. The van der Waals surface area contributed by atoms with E-state index in [2.05, 4.69) is 0 Å². The molecule has 0 aromatic heterocycles. The Morgan fingerprint density at radius 1 is 1.00 bits per heavy atom. The van der Waals surface area contributed by atoms with Gasteiger partial charge in [0.05, 0.1) is 18.2 Å². The molecule has 0 radical (unpaired) electrons. The molecular formula is C30H32N2O4. The maximum Gasteiger partial charge on any atom is 0.300 e. The number of nitrogens with zero attached hydrogens (tertiary/aromatic N) is 2. The van der Waals surface area contributed by atoms with Crippen molar-refractivity contribution in [1.29, 1.82) is 0 Å². The van der Waals surface area contributed by atoms with Crippen molar-refractivity contribution in [2.75, 3.05) is 30.5 Å². The first kappa shape index (κ1) is 25.0. The van der Waals surface area contributed by atoms with Crippen LogP contribution in [0.2, 0.25) is 0 Å². The third-order valence-electron chi connectivity index (χ3n) is 6.41. The van der Waals surface area contributed by atoms with Gasteiger partial charge in [0.2, 0.25) is 0 Å². The highest BCUT2D eigenvalue weighted by Gasteiger charge is 2.47. The molecule has 36 heavy (non-hydrogen) atoms. The van der Waals surface area contributed by atoms with Crippen LogP contribution in [0.1, 0.15) is 49.4 Å². The molecule has 1 unspecified atom stereocenters. The third-order valence-corrected chi connectivity index (χ3v) is 6.41. The van der Waals surface area contributed by atoms with Crippen molar-refractivity contribution in [2.24, 2.45) is 0 Å². The van der Waals surface area contributed by atoms with E-state index < -0.39 is 17.7 Å². The van der Waals surface area contributed by atoms with Gasteiger partial charge in [-0.2, -0.15) is 0 Å². The number of Topliss-reactive ketones (excluding diaryl/α,β-unsaturated/α-hetero) is 1. The zero-order chi connectivity index (χ0) is 26.0. The second-order valence-electron chi connectivity index (χ2n) is 9.33. The molecule has 6 nitrogen and oxygen atoms in total. The first-order valence-corrected chi connectivity index (χ1v) is 12.1. The van der Waals surface area contributed by atoms with Crippen LogP contribution in [-0.4, -0.2) is 37.5 Å². The zero-order valence-electron chi connectivity index (χ0n) is 21.4. The second-order valence-corrected chi connectivity index (χ2v) is 9.33. The van der Waals surface area contributed by atoms with Crippen LogP contribution in [0.15, 0.2) is 78.4 Å². The maximum atomic E-state index is 13.4. The quantitative estimate of drug-likeness (QED) is 0.257. The summed E-state index contributed by atoms with van der Waals surface area (Å²) >= 11 is 0. The van der Waals surface area contributed by atoms with Crippen LogP contribution in [0.4, 0.5) is 11.4 Å². The molecule has 0 bridgehead atoms. The van der Waals surface area contributed by atoms with Crippen molar-refractivity contribution < 1.29 is 19.4 Å². The van der Waals surface area contributed by atoms with Crippen molar-refractivity contribution in [3.05, 3.63) is 95.1 Å². The second kappa shape index (κ2) is 10.3. The summed E-state index contributed by atoms with van der Waals surface area (Å²) in [5, 5.41) is 11.5. The van der Waals surface area contributed by atoms with E-state index in [1.807, 2.05) is 106 Å². The number of hydrogen-bond acceptors (Lipinski definition) is 5. The summed E-state index contributed by atoms with van der Waals surface area (Å²) in [4.78, 5) is 30.2. The Bertz CT molecular complexity index is 1290. The van der Waals surface area contributed by atoms with E-state index in [0.717, 1.165) is 22.6 Å². The molecule has 1 amide bonds. The molecule has 3 aromatic carbocycles. The number of benzene rings is 3. The molecule has 186 valence electrons. The third kappa shape index (κ3) is 4.59. The number of ketones is 1. The largest absolute Gasteiger partial charge is 0.507 e. The number of aliphatic hydroxyl groups is 1. The highest BCUT2D eigenvalue weighted by atomic mass is 16.5. The van der Waals surface area contributed by atoms with E-state index in [9.17, 15) is 14.7 Å². The monoisotopic (exact) mass is 484 g/mol. The molecular weight excluding hydrogens is 452 g/mol. The van der Waals surface area contributed by atoms with Crippen LogP contribution in [0.5, 0.6) is 5.75 Å². The van der Waals surface area contributed by atoms with Gasteiger partial charge in [-0.05, 0) is 66.4 Å². The Hall–Kier alpha value is -4.06.